The maximum Gasteiger partial charge on any atom is 0.143 e. The highest BCUT2D eigenvalue weighted by molar-refractivity contribution is 6.31. The second-order valence-corrected chi connectivity index (χ2v) is 3.09. The van der Waals surface area contributed by atoms with Crippen molar-refractivity contribution < 1.29 is 5.21 Å². The minimum absolute atomic E-state index is 0.140. The van der Waals surface area contributed by atoms with E-state index in [1.807, 2.05) is 6.92 Å². The van der Waals surface area contributed by atoms with Crippen LogP contribution in [-0.2, 0) is 6.42 Å². The number of aromatic nitrogens is 1. The molecule has 0 fully saturated rings. The lowest BCUT2D eigenvalue weighted by molar-refractivity contribution is 0.317. The van der Waals surface area contributed by atoms with Crippen LogP contribution in [0, 0.1) is 6.92 Å². The van der Waals surface area contributed by atoms with Crippen LogP contribution in [0.4, 0.5) is 0 Å². The molecular formula is C8H10ClN3O. The van der Waals surface area contributed by atoms with Gasteiger partial charge in [-0.3, -0.25) is 4.98 Å². The lowest BCUT2D eigenvalue weighted by atomic mass is 10.2. The molecule has 0 spiro atoms. The highest BCUT2D eigenvalue weighted by atomic mass is 35.5. The van der Waals surface area contributed by atoms with Crippen LogP contribution < -0.4 is 5.73 Å². The zero-order valence-electron chi connectivity index (χ0n) is 7.16. The van der Waals surface area contributed by atoms with Gasteiger partial charge in [-0.2, -0.15) is 0 Å². The number of halogens is 1. The fourth-order valence-electron chi connectivity index (χ4n) is 0.887. The van der Waals surface area contributed by atoms with Gasteiger partial charge in [0.2, 0.25) is 0 Å². The Morgan fingerprint density at radius 1 is 1.77 bits per heavy atom. The van der Waals surface area contributed by atoms with Gasteiger partial charge in [0.15, 0.2) is 0 Å². The maximum absolute atomic E-state index is 8.33. The van der Waals surface area contributed by atoms with E-state index >= 15 is 0 Å². The van der Waals surface area contributed by atoms with Crippen LogP contribution in [0.2, 0.25) is 5.02 Å². The molecule has 0 amide bonds. The Hall–Kier alpha value is -1.29. The summed E-state index contributed by atoms with van der Waals surface area (Å²) >= 11 is 5.83. The van der Waals surface area contributed by atoms with Gasteiger partial charge in [-0.15, -0.1) is 0 Å². The van der Waals surface area contributed by atoms with Gasteiger partial charge in [0, 0.05) is 12.6 Å². The third-order valence-corrected chi connectivity index (χ3v) is 1.98. The molecule has 1 heterocycles. The van der Waals surface area contributed by atoms with Crippen molar-refractivity contribution >= 4 is 17.4 Å². The molecule has 0 atom stereocenters. The number of nitrogens with zero attached hydrogens (tertiary/aromatic N) is 2. The van der Waals surface area contributed by atoms with E-state index in [-0.39, 0.29) is 5.84 Å². The van der Waals surface area contributed by atoms with Crippen molar-refractivity contribution in [2.24, 2.45) is 10.9 Å². The number of hydrogen-bond acceptors (Lipinski definition) is 3. The van der Waals surface area contributed by atoms with E-state index in [0.29, 0.717) is 11.4 Å². The average Bonchev–Trinajstić information content (AvgIpc) is 2.11. The quantitative estimate of drug-likeness (QED) is 0.327. The van der Waals surface area contributed by atoms with E-state index in [1.165, 1.54) is 0 Å². The van der Waals surface area contributed by atoms with Crippen molar-refractivity contribution in [2.45, 2.75) is 13.3 Å². The predicted molar refractivity (Wildman–Crippen MR) is 51.1 cm³/mol. The third-order valence-electron chi connectivity index (χ3n) is 1.60. The number of pyridine rings is 1. The van der Waals surface area contributed by atoms with Gasteiger partial charge in [0.1, 0.15) is 5.84 Å². The van der Waals surface area contributed by atoms with E-state index in [2.05, 4.69) is 10.1 Å². The lowest BCUT2D eigenvalue weighted by Gasteiger charge is -2.01. The maximum atomic E-state index is 8.33. The molecule has 0 radical (unpaired) electrons. The Kier molecular flexibility index (Phi) is 3.08. The lowest BCUT2D eigenvalue weighted by Crippen LogP contribution is -2.14. The molecule has 13 heavy (non-hydrogen) atoms. The van der Waals surface area contributed by atoms with Crippen molar-refractivity contribution in [3.63, 3.8) is 0 Å². The van der Waals surface area contributed by atoms with Gasteiger partial charge in [-0.05, 0) is 18.6 Å². The second kappa shape index (κ2) is 4.09. The van der Waals surface area contributed by atoms with Gasteiger partial charge in [0.05, 0.1) is 10.7 Å². The smallest absolute Gasteiger partial charge is 0.143 e. The Labute approximate surface area is 81.0 Å². The first-order chi connectivity index (χ1) is 6.13. The number of oxime groups is 1. The minimum Gasteiger partial charge on any atom is -0.409 e. The summed E-state index contributed by atoms with van der Waals surface area (Å²) < 4.78 is 0. The number of rotatable bonds is 2. The fourth-order valence-corrected chi connectivity index (χ4v) is 1.08. The van der Waals surface area contributed by atoms with Crippen LogP contribution in [-0.4, -0.2) is 16.0 Å². The minimum atomic E-state index is 0.140. The molecule has 70 valence electrons. The molecule has 5 heteroatoms. The standard InChI is InChI=1S/C8H10ClN3O/c1-5-7(9)2-6(4-11-5)3-8(10)12-13/h2,4,13H,3H2,1H3,(H2,10,12). The number of aryl methyl sites for hydroxylation is 1. The first kappa shape index (κ1) is 9.80. The Morgan fingerprint density at radius 2 is 2.46 bits per heavy atom. The van der Waals surface area contributed by atoms with Crippen molar-refractivity contribution in [3.8, 4) is 0 Å². The topological polar surface area (TPSA) is 71.5 Å². The van der Waals surface area contributed by atoms with Crippen LogP contribution in [0.5, 0.6) is 0 Å². The van der Waals surface area contributed by atoms with Gasteiger partial charge >= 0.3 is 0 Å². The molecule has 0 saturated heterocycles. The predicted octanol–water partition coefficient (Wildman–Crippen LogP) is 1.33. The normalized spacial score (nSPS) is 11.7. The van der Waals surface area contributed by atoms with E-state index < -0.39 is 0 Å². The first-order valence-corrected chi connectivity index (χ1v) is 4.08. The van der Waals surface area contributed by atoms with E-state index in [0.717, 1.165) is 11.3 Å². The Balaban J connectivity index is 2.86. The highest BCUT2D eigenvalue weighted by Gasteiger charge is 2.01. The summed E-state index contributed by atoms with van der Waals surface area (Å²) in [6.07, 6.45) is 2.00. The average molecular weight is 200 g/mol. The summed E-state index contributed by atoms with van der Waals surface area (Å²) in [6.45, 7) is 1.82. The number of amidine groups is 1. The largest absolute Gasteiger partial charge is 0.409 e. The molecule has 0 aliphatic carbocycles. The third kappa shape index (κ3) is 2.59. The fraction of sp³-hybridized carbons (Fsp3) is 0.250. The molecule has 1 rings (SSSR count). The molecule has 0 saturated carbocycles. The van der Waals surface area contributed by atoms with Crippen LogP contribution >= 0.6 is 11.6 Å². The molecule has 0 unspecified atom stereocenters. The van der Waals surface area contributed by atoms with E-state index in [1.54, 1.807) is 12.3 Å². The summed E-state index contributed by atoms with van der Waals surface area (Å²) in [5, 5.41) is 11.8. The summed E-state index contributed by atoms with van der Waals surface area (Å²) in [5.74, 6) is 0.140. The summed E-state index contributed by atoms with van der Waals surface area (Å²) in [4.78, 5) is 4.04. The van der Waals surface area contributed by atoms with Crippen molar-refractivity contribution in [3.05, 3.63) is 28.5 Å². The molecule has 0 aliphatic heterocycles. The van der Waals surface area contributed by atoms with Crippen LogP contribution in [0.3, 0.4) is 0 Å². The van der Waals surface area contributed by atoms with Gasteiger partial charge in [-0.25, -0.2) is 0 Å². The van der Waals surface area contributed by atoms with Crippen molar-refractivity contribution in [1.29, 1.82) is 0 Å². The molecule has 0 aliphatic rings. The number of hydrogen-bond donors (Lipinski definition) is 2. The molecule has 1 aromatic heterocycles. The molecule has 1 aromatic rings. The summed E-state index contributed by atoms with van der Waals surface area (Å²) in [6, 6.07) is 1.75. The van der Waals surface area contributed by atoms with Crippen LogP contribution in [0.25, 0.3) is 0 Å². The zero-order valence-corrected chi connectivity index (χ0v) is 7.91. The Bertz CT molecular complexity index is 338. The summed E-state index contributed by atoms with van der Waals surface area (Å²) in [5.41, 5.74) is 6.92. The second-order valence-electron chi connectivity index (χ2n) is 2.68. The molecule has 4 nitrogen and oxygen atoms in total. The monoisotopic (exact) mass is 199 g/mol. The van der Waals surface area contributed by atoms with Crippen LogP contribution in [0.15, 0.2) is 17.4 Å². The number of nitrogens with two attached hydrogens (primary N) is 1. The Morgan fingerprint density at radius 3 is 3.00 bits per heavy atom. The molecular weight excluding hydrogens is 190 g/mol. The van der Waals surface area contributed by atoms with Crippen molar-refractivity contribution in [1.82, 2.24) is 4.98 Å². The van der Waals surface area contributed by atoms with Gasteiger partial charge in [-0.1, -0.05) is 16.8 Å². The van der Waals surface area contributed by atoms with E-state index in [9.17, 15) is 0 Å². The SMILES string of the molecule is Cc1ncc(C/C(N)=N/O)cc1Cl. The first-order valence-electron chi connectivity index (χ1n) is 3.71. The zero-order chi connectivity index (χ0) is 9.84. The molecule has 0 bridgehead atoms. The van der Waals surface area contributed by atoms with E-state index in [4.69, 9.17) is 22.5 Å². The highest BCUT2D eigenvalue weighted by Crippen LogP contribution is 2.14. The van der Waals surface area contributed by atoms with Crippen LogP contribution in [0.1, 0.15) is 11.3 Å². The van der Waals surface area contributed by atoms with Crippen molar-refractivity contribution in [2.75, 3.05) is 0 Å². The van der Waals surface area contributed by atoms with Gasteiger partial charge < -0.3 is 10.9 Å². The van der Waals surface area contributed by atoms with Gasteiger partial charge in [0.25, 0.3) is 0 Å². The molecule has 3 N–H and O–H groups in total. The molecule has 0 aromatic carbocycles. The summed E-state index contributed by atoms with van der Waals surface area (Å²) in [7, 11) is 0.